The van der Waals surface area contributed by atoms with Gasteiger partial charge in [-0.1, -0.05) is 26.0 Å². The third-order valence-electron chi connectivity index (χ3n) is 4.22. The Balaban J connectivity index is 2.19. The maximum absolute atomic E-state index is 12.8. The van der Waals surface area contributed by atoms with E-state index in [0.717, 1.165) is 4.90 Å². The second-order valence-electron chi connectivity index (χ2n) is 5.94. The lowest BCUT2D eigenvalue weighted by Gasteiger charge is -2.19. The standard InChI is InChI=1S/C20H26N2O5S2/c1-5-22(6-2)29(24,25)15-11-12-17(26-3)16(13-15)21-20(23)14-28-19-10-8-7-9-18(19)27-4/h7-13H,5-6,14H2,1-4H3,(H,21,23). The first-order valence-corrected chi connectivity index (χ1v) is 11.5. The topological polar surface area (TPSA) is 84.9 Å². The maximum Gasteiger partial charge on any atom is 0.243 e. The van der Waals surface area contributed by atoms with Crippen molar-refractivity contribution in [1.29, 1.82) is 0 Å². The largest absolute Gasteiger partial charge is 0.496 e. The number of rotatable bonds is 10. The van der Waals surface area contributed by atoms with Crippen LogP contribution < -0.4 is 14.8 Å². The Morgan fingerprint density at radius 3 is 2.31 bits per heavy atom. The van der Waals surface area contributed by atoms with E-state index < -0.39 is 10.0 Å². The number of para-hydroxylation sites is 1. The predicted molar refractivity (Wildman–Crippen MR) is 115 cm³/mol. The van der Waals surface area contributed by atoms with Crippen molar-refractivity contribution < 1.29 is 22.7 Å². The zero-order valence-corrected chi connectivity index (χ0v) is 18.6. The fourth-order valence-electron chi connectivity index (χ4n) is 2.73. The van der Waals surface area contributed by atoms with E-state index in [1.165, 1.54) is 35.3 Å². The number of hydrogen-bond donors (Lipinski definition) is 1. The van der Waals surface area contributed by atoms with Crippen molar-refractivity contribution in [1.82, 2.24) is 4.31 Å². The molecule has 0 spiro atoms. The Kier molecular flexibility index (Phi) is 8.36. The predicted octanol–water partition coefficient (Wildman–Crippen LogP) is 3.47. The van der Waals surface area contributed by atoms with Crippen LogP contribution in [0.2, 0.25) is 0 Å². The lowest BCUT2D eigenvalue weighted by molar-refractivity contribution is -0.113. The molecule has 0 aliphatic heterocycles. The van der Waals surface area contributed by atoms with Gasteiger partial charge in [0.25, 0.3) is 0 Å². The number of carbonyl (C=O) groups excluding carboxylic acids is 1. The first-order valence-electron chi connectivity index (χ1n) is 9.11. The van der Waals surface area contributed by atoms with Crippen LogP contribution >= 0.6 is 11.8 Å². The van der Waals surface area contributed by atoms with E-state index in [1.807, 2.05) is 24.3 Å². The molecule has 1 amide bonds. The highest BCUT2D eigenvalue weighted by molar-refractivity contribution is 8.00. The van der Waals surface area contributed by atoms with Gasteiger partial charge in [0.1, 0.15) is 11.5 Å². The van der Waals surface area contributed by atoms with Crippen molar-refractivity contribution in [3.63, 3.8) is 0 Å². The molecule has 0 aliphatic rings. The second-order valence-corrected chi connectivity index (χ2v) is 8.89. The molecule has 2 aromatic carbocycles. The molecule has 2 aromatic rings. The number of benzene rings is 2. The molecule has 1 N–H and O–H groups in total. The van der Waals surface area contributed by atoms with Crippen molar-refractivity contribution in [2.45, 2.75) is 23.6 Å². The van der Waals surface area contributed by atoms with Crippen LogP contribution in [0.25, 0.3) is 0 Å². The minimum atomic E-state index is -3.64. The molecule has 158 valence electrons. The highest BCUT2D eigenvalue weighted by atomic mass is 32.2. The SMILES string of the molecule is CCN(CC)S(=O)(=O)c1ccc(OC)c(NC(=O)CSc2ccccc2OC)c1. The quantitative estimate of drug-likeness (QED) is 0.572. The highest BCUT2D eigenvalue weighted by Crippen LogP contribution is 2.31. The molecule has 0 fully saturated rings. The third kappa shape index (κ3) is 5.65. The van der Waals surface area contributed by atoms with Gasteiger partial charge in [-0.3, -0.25) is 4.79 Å². The average Bonchev–Trinajstić information content (AvgIpc) is 2.73. The summed E-state index contributed by atoms with van der Waals surface area (Å²) in [5, 5.41) is 2.75. The number of amides is 1. The van der Waals surface area contributed by atoms with Gasteiger partial charge in [0.2, 0.25) is 15.9 Å². The van der Waals surface area contributed by atoms with Crippen LogP contribution in [0.3, 0.4) is 0 Å². The van der Waals surface area contributed by atoms with Crippen molar-refractivity contribution in [3.8, 4) is 11.5 Å². The molecule has 9 heteroatoms. The first kappa shape index (κ1) is 23.1. The number of nitrogens with zero attached hydrogens (tertiary/aromatic N) is 1. The average molecular weight is 439 g/mol. The van der Waals surface area contributed by atoms with Crippen LogP contribution in [-0.4, -0.2) is 51.7 Å². The Morgan fingerprint density at radius 1 is 1.03 bits per heavy atom. The van der Waals surface area contributed by atoms with E-state index in [-0.39, 0.29) is 16.6 Å². The van der Waals surface area contributed by atoms with Gasteiger partial charge in [0, 0.05) is 18.0 Å². The molecule has 0 atom stereocenters. The van der Waals surface area contributed by atoms with E-state index in [9.17, 15) is 13.2 Å². The van der Waals surface area contributed by atoms with Gasteiger partial charge in [0.05, 0.1) is 30.6 Å². The van der Waals surface area contributed by atoms with Crippen LogP contribution in [0.15, 0.2) is 52.3 Å². The van der Waals surface area contributed by atoms with E-state index in [0.29, 0.717) is 30.3 Å². The molecular formula is C20H26N2O5S2. The molecule has 2 rings (SSSR count). The molecule has 0 saturated carbocycles. The summed E-state index contributed by atoms with van der Waals surface area (Å²) in [6, 6.07) is 11.9. The Bertz CT molecular complexity index is 944. The Morgan fingerprint density at radius 2 is 1.69 bits per heavy atom. The second kappa shape index (κ2) is 10.5. The number of carbonyl (C=O) groups is 1. The smallest absolute Gasteiger partial charge is 0.243 e. The Hall–Kier alpha value is -2.23. The van der Waals surface area contributed by atoms with Gasteiger partial charge in [-0.15, -0.1) is 11.8 Å². The number of anilines is 1. The van der Waals surface area contributed by atoms with Crippen molar-refractivity contribution in [3.05, 3.63) is 42.5 Å². The molecule has 0 unspecified atom stereocenters. The van der Waals surface area contributed by atoms with Gasteiger partial charge in [-0.05, 0) is 30.3 Å². The van der Waals surface area contributed by atoms with E-state index >= 15 is 0 Å². The maximum atomic E-state index is 12.8. The number of ether oxygens (including phenoxy) is 2. The zero-order chi connectivity index (χ0) is 21.4. The Labute approximate surface area is 176 Å². The minimum absolute atomic E-state index is 0.106. The molecule has 0 radical (unpaired) electrons. The van der Waals surface area contributed by atoms with Gasteiger partial charge in [-0.2, -0.15) is 4.31 Å². The number of sulfonamides is 1. The summed E-state index contributed by atoms with van der Waals surface area (Å²) in [7, 11) is -0.603. The van der Waals surface area contributed by atoms with Gasteiger partial charge in [-0.25, -0.2) is 8.42 Å². The molecule has 7 nitrogen and oxygen atoms in total. The molecule has 0 bridgehead atoms. The fraction of sp³-hybridized carbons (Fsp3) is 0.350. The fourth-order valence-corrected chi connectivity index (χ4v) is 5.04. The van der Waals surface area contributed by atoms with Crippen molar-refractivity contribution >= 4 is 33.4 Å². The lowest BCUT2D eigenvalue weighted by atomic mass is 10.3. The highest BCUT2D eigenvalue weighted by Gasteiger charge is 2.23. The molecule has 0 aliphatic carbocycles. The molecule has 0 aromatic heterocycles. The van der Waals surface area contributed by atoms with Gasteiger partial charge in [0.15, 0.2) is 0 Å². The normalized spacial score (nSPS) is 11.3. The minimum Gasteiger partial charge on any atom is -0.496 e. The van der Waals surface area contributed by atoms with Gasteiger partial charge >= 0.3 is 0 Å². The first-order chi connectivity index (χ1) is 13.9. The number of nitrogens with one attached hydrogen (secondary N) is 1. The van der Waals surface area contributed by atoms with E-state index in [1.54, 1.807) is 27.0 Å². The summed E-state index contributed by atoms with van der Waals surface area (Å²) >= 11 is 1.33. The monoisotopic (exact) mass is 438 g/mol. The summed E-state index contributed by atoms with van der Waals surface area (Å²) in [4.78, 5) is 13.4. The van der Waals surface area contributed by atoms with Gasteiger partial charge < -0.3 is 14.8 Å². The summed E-state index contributed by atoms with van der Waals surface area (Å²) in [5.74, 6) is 0.933. The van der Waals surface area contributed by atoms with E-state index in [2.05, 4.69) is 5.32 Å². The molecule has 29 heavy (non-hydrogen) atoms. The molecule has 0 heterocycles. The van der Waals surface area contributed by atoms with Crippen LogP contribution in [-0.2, 0) is 14.8 Å². The summed E-state index contributed by atoms with van der Waals surface area (Å²) in [6.07, 6.45) is 0. The zero-order valence-electron chi connectivity index (χ0n) is 17.0. The molecule has 0 saturated heterocycles. The summed E-state index contributed by atoms with van der Waals surface area (Å²) in [5.41, 5.74) is 0.311. The number of methoxy groups -OCH3 is 2. The number of hydrogen-bond acceptors (Lipinski definition) is 6. The molecular weight excluding hydrogens is 412 g/mol. The third-order valence-corrected chi connectivity index (χ3v) is 7.32. The van der Waals surface area contributed by atoms with Crippen LogP contribution in [0, 0.1) is 0 Å². The van der Waals surface area contributed by atoms with E-state index in [4.69, 9.17) is 9.47 Å². The van der Waals surface area contributed by atoms with Crippen LogP contribution in [0.4, 0.5) is 5.69 Å². The van der Waals surface area contributed by atoms with Crippen molar-refractivity contribution in [2.24, 2.45) is 0 Å². The lowest BCUT2D eigenvalue weighted by Crippen LogP contribution is -2.30. The van der Waals surface area contributed by atoms with Crippen LogP contribution in [0.5, 0.6) is 11.5 Å². The summed E-state index contributed by atoms with van der Waals surface area (Å²) in [6.45, 7) is 4.29. The summed E-state index contributed by atoms with van der Waals surface area (Å²) < 4.78 is 37.5. The number of thioether (sulfide) groups is 1. The van der Waals surface area contributed by atoms with Crippen molar-refractivity contribution in [2.75, 3.05) is 38.4 Å². The van der Waals surface area contributed by atoms with Crippen LogP contribution in [0.1, 0.15) is 13.8 Å².